The van der Waals surface area contributed by atoms with E-state index in [-0.39, 0.29) is 0 Å². The number of hydrogen-bond acceptors (Lipinski definition) is 5. The maximum atomic E-state index is 10.5. The Hall–Kier alpha value is -2.70. The molecule has 0 saturated carbocycles. The highest BCUT2D eigenvalue weighted by atomic mass is 16.6. The number of carbonyl (C=O) groups is 1. The Labute approximate surface area is 211 Å². The zero-order valence-corrected chi connectivity index (χ0v) is 22.3. The summed E-state index contributed by atoms with van der Waals surface area (Å²) in [5, 5.41) is 10.1. The standard InChI is InChI=1S/C17H25N3O3.C12H18/c1-13-5-6-15(19-12-21)10-17(13)14(2)20-23-9-7-18-11-16-4-3-8-22-16;1-10-6-5-7-11(8-10)9-12(2,3)4/h5-6,10,12,16,18H,3-4,7-9,11H2,1-2H3,(H,19,21);5-8H,9H2,1-4H3/b20-14+;. The Balaban J connectivity index is 0.000000303. The van der Waals surface area contributed by atoms with E-state index in [1.807, 2.05) is 32.0 Å². The summed E-state index contributed by atoms with van der Waals surface area (Å²) in [6, 6.07) is 14.5. The highest BCUT2D eigenvalue weighted by Gasteiger charge is 2.14. The third kappa shape index (κ3) is 11.5. The molecule has 2 aromatic rings. The molecule has 192 valence electrons. The number of aryl methyl sites for hydroxylation is 2. The first-order valence-corrected chi connectivity index (χ1v) is 12.5. The van der Waals surface area contributed by atoms with E-state index in [0.29, 0.717) is 24.5 Å². The predicted molar refractivity (Wildman–Crippen MR) is 145 cm³/mol. The minimum Gasteiger partial charge on any atom is -0.394 e. The van der Waals surface area contributed by atoms with Gasteiger partial charge in [-0.25, -0.2) is 0 Å². The van der Waals surface area contributed by atoms with Gasteiger partial charge in [0.2, 0.25) is 6.41 Å². The number of nitrogens with one attached hydrogen (secondary N) is 2. The third-order valence-electron chi connectivity index (χ3n) is 5.64. The maximum Gasteiger partial charge on any atom is 0.211 e. The summed E-state index contributed by atoms with van der Waals surface area (Å²) in [4.78, 5) is 15.9. The molecule has 6 heteroatoms. The summed E-state index contributed by atoms with van der Waals surface area (Å²) in [5.41, 5.74) is 6.78. The largest absolute Gasteiger partial charge is 0.394 e. The van der Waals surface area contributed by atoms with Crippen molar-refractivity contribution in [3.63, 3.8) is 0 Å². The molecular weight excluding hydrogens is 438 g/mol. The maximum absolute atomic E-state index is 10.5. The Bertz CT molecular complexity index is 944. The van der Waals surface area contributed by atoms with Gasteiger partial charge in [-0.15, -0.1) is 0 Å². The van der Waals surface area contributed by atoms with Crippen LogP contribution in [0.3, 0.4) is 0 Å². The lowest BCUT2D eigenvalue weighted by Gasteiger charge is -2.18. The summed E-state index contributed by atoms with van der Waals surface area (Å²) in [7, 11) is 0. The number of anilines is 1. The first kappa shape index (κ1) is 28.5. The first-order chi connectivity index (χ1) is 16.7. The van der Waals surface area contributed by atoms with Gasteiger partial charge in [0.1, 0.15) is 6.61 Å². The van der Waals surface area contributed by atoms with Crippen LogP contribution in [0.15, 0.2) is 47.6 Å². The van der Waals surface area contributed by atoms with Gasteiger partial charge >= 0.3 is 0 Å². The van der Waals surface area contributed by atoms with E-state index >= 15 is 0 Å². The number of nitrogens with zero attached hydrogens (tertiary/aromatic N) is 1. The molecule has 0 radical (unpaired) electrons. The van der Waals surface area contributed by atoms with Crippen LogP contribution in [0.4, 0.5) is 5.69 Å². The molecule has 1 unspecified atom stereocenters. The molecule has 1 atom stereocenters. The number of amides is 1. The van der Waals surface area contributed by atoms with Crippen molar-refractivity contribution >= 4 is 17.8 Å². The van der Waals surface area contributed by atoms with Crippen LogP contribution in [0, 0.1) is 19.3 Å². The number of ether oxygens (including phenoxy) is 1. The number of carbonyl (C=O) groups excluding carboxylic acids is 1. The number of hydrogen-bond donors (Lipinski definition) is 2. The summed E-state index contributed by atoms with van der Waals surface area (Å²) < 4.78 is 5.54. The van der Waals surface area contributed by atoms with Gasteiger partial charge in [0.25, 0.3) is 0 Å². The van der Waals surface area contributed by atoms with Gasteiger partial charge in [0, 0.05) is 30.9 Å². The molecule has 0 spiro atoms. The lowest BCUT2D eigenvalue weighted by atomic mass is 9.88. The minimum atomic E-state index is 0.343. The van der Waals surface area contributed by atoms with E-state index in [4.69, 9.17) is 9.57 Å². The topological polar surface area (TPSA) is 71.9 Å². The van der Waals surface area contributed by atoms with E-state index in [9.17, 15) is 4.79 Å². The van der Waals surface area contributed by atoms with Crippen LogP contribution in [0.5, 0.6) is 0 Å². The van der Waals surface area contributed by atoms with Crippen molar-refractivity contribution in [2.75, 3.05) is 31.6 Å². The third-order valence-corrected chi connectivity index (χ3v) is 5.64. The summed E-state index contributed by atoms with van der Waals surface area (Å²) in [6.45, 7) is 15.9. The summed E-state index contributed by atoms with van der Waals surface area (Å²) >= 11 is 0. The second-order valence-electron chi connectivity index (χ2n) is 10.4. The zero-order valence-electron chi connectivity index (χ0n) is 22.3. The summed E-state index contributed by atoms with van der Waals surface area (Å²) in [6.07, 6.45) is 4.46. The molecular formula is C29H43N3O3. The molecule has 2 aromatic carbocycles. The molecule has 1 heterocycles. The number of benzene rings is 2. The predicted octanol–water partition coefficient (Wildman–Crippen LogP) is 5.66. The van der Waals surface area contributed by atoms with Gasteiger partial charge in [-0.05, 0) is 68.7 Å². The van der Waals surface area contributed by atoms with Crippen LogP contribution in [0.1, 0.15) is 62.8 Å². The van der Waals surface area contributed by atoms with Crippen molar-refractivity contribution in [2.24, 2.45) is 10.6 Å². The van der Waals surface area contributed by atoms with Crippen LogP contribution >= 0.6 is 0 Å². The van der Waals surface area contributed by atoms with Crippen LogP contribution in [0.2, 0.25) is 0 Å². The normalized spacial score (nSPS) is 15.8. The molecule has 0 aliphatic carbocycles. The molecule has 6 nitrogen and oxygen atoms in total. The number of oxime groups is 1. The first-order valence-electron chi connectivity index (χ1n) is 12.5. The molecule has 1 aliphatic rings. The molecule has 1 saturated heterocycles. The lowest BCUT2D eigenvalue weighted by Crippen LogP contribution is -2.28. The molecule has 0 bridgehead atoms. The Morgan fingerprint density at radius 3 is 2.66 bits per heavy atom. The lowest BCUT2D eigenvalue weighted by molar-refractivity contribution is -0.105. The Morgan fingerprint density at radius 1 is 1.20 bits per heavy atom. The quantitative estimate of drug-likeness (QED) is 0.199. The van der Waals surface area contributed by atoms with Crippen LogP contribution in [-0.2, 0) is 20.8 Å². The fraction of sp³-hybridized carbons (Fsp3) is 0.517. The van der Waals surface area contributed by atoms with E-state index < -0.39 is 0 Å². The molecule has 35 heavy (non-hydrogen) atoms. The van der Waals surface area contributed by atoms with E-state index in [0.717, 1.165) is 61.5 Å². The fourth-order valence-corrected chi connectivity index (χ4v) is 3.98. The zero-order chi connectivity index (χ0) is 25.7. The SMILES string of the molecule is C/C(=N\OCCNCC1CCCO1)c1cc(NC=O)ccc1C.Cc1cccc(CC(C)(C)C)c1. The van der Waals surface area contributed by atoms with Crippen LogP contribution in [-0.4, -0.2) is 44.5 Å². The van der Waals surface area contributed by atoms with Crippen molar-refractivity contribution in [2.45, 2.75) is 66.9 Å². The van der Waals surface area contributed by atoms with Crippen LogP contribution < -0.4 is 10.6 Å². The molecule has 0 aromatic heterocycles. The van der Waals surface area contributed by atoms with E-state index in [1.165, 1.54) is 11.1 Å². The van der Waals surface area contributed by atoms with Crippen molar-refractivity contribution in [3.8, 4) is 0 Å². The average molecular weight is 482 g/mol. The van der Waals surface area contributed by atoms with Crippen molar-refractivity contribution < 1.29 is 14.4 Å². The van der Waals surface area contributed by atoms with Gasteiger partial charge in [-0.2, -0.15) is 0 Å². The van der Waals surface area contributed by atoms with E-state index in [2.05, 4.69) is 67.7 Å². The minimum absolute atomic E-state index is 0.343. The van der Waals surface area contributed by atoms with Crippen LogP contribution in [0.25, 0.3) is 0 Å². The van der Waals surface area contributed by atoms with Gasteiger partial charge in [0.15, 0.2) is 0 Å². The van der Waals surface area contributed by atoms with Gasteiger partial charge in [-0.1, -0.05) is 61.8 Å². The highest BCUT2D eigenvalue weighted by molar-refractivity contribution is 6.00. The second-order valence-corrected chi connectivity index (χ2v) is 10.4. The molecule has 2 N–H and O–H groups in total. The number of rotatable bonds is 10. The van der Waals surface area contributed by atoms with E-state index in [1.54, 1.807) is 0 Å². The molecule has 3 rings (SSSR count). The molecule has 1 aliphatic heterocycles. The van der Waals surface area contributed by atoms with Gasteiger partial charge < -0.3 is 20.2 Å². The van der Waals surface area contributed by atoms with Gasteiger partial charge in [0.05, 0.1) is 11.8 Å². The van der Waals surface area contributed by atoms with Crippen molar-refractivity contribution in [1.82, 2.24) is 5.32 Å². The smallest absolute Gasteiger partial charge is 0.211 e. The van der Waals surface area contributed by atoms with Crippen molar-refractivity contribution in [1.29, 1.82) is 0 Å². The van der Waals surface area contributed by atoms with Gasteiger partial charge in [-0.3, -0.25) is 4.79 Å². The Morgan fingerprint density at radius 2 is 2.00 bits per heavy atom. The van der Waals surface area contributed by atoms with Crippen molar-refractivity contribution in [3.05, 3.63) is 64.7 Å². The second kappa shape index (κ2) is 14.6. The molecule has 1 fully saturated rings. The highest BCUT2D eigenvalue weighted by Crippen LogP contribution is 2.20. The Kier molecular flexibility index (Phi) is 11.9. The monoisotopic (exact) mass is 481 g/mol. The summed E-state index contributed by atoms with van der Waals surface area (Å²) in [5.74, 6) is 0. The fourth-order valence-electron chi connectivity index (χ4n) is 3.98. The molecule has 1 amide bonds. The average Bonchev–Trinajstić information content (AvgIpc) is 3.30.